The number of aromatic nitrogens is 2. The molecule has 8 heteroatoms. The predicted octanol–water partition coefficient (Wildman–Crippen LogP) is 0.0928. The number of carbonyl (C=O) groups excluding carboxylic acids is 2. The van der Waals surface area contributed by atoms with Crippen LogP contribution >= 0.6 is 11.6 Å². The zero-order valence-corrected chi connectivity index (χ0v) is 11.9. The van der Waals surface area contributed by atoms with Gasteiger partial charge in [0.15, 0.2) is 0 Å². The van der Waals surface area contributed by atoms with Crippen LogP contribution < -0.4 is 16.4 Å². The van der Waals surface area contributed by atoms with Crippen molar-refractivity contribution < 1.29 is 9.59 Å². The summed E-state index contributed by atoms with van der Waals surface area (Å²) in [7, 11) is 0. The fourth-order valence-corrected chi connectivity index (χ4v) is 2.08. The Bertz CT molecular complexity index is 543. The van der Waals surface area contributed by atoms with Crippen LogP contribution in [0.5, 0.6) is 0 Å². The van der Waals surface area contributed by atoms with E-state index in [0.29, 0.717) is 28.3 Å². The first-order valence-corrected chi connectivity index (χ1v) is 6.62. The summed E-state index contributed by atoms with van der Waals surface area (Å²) in [5.74, 6) is 0.219. The van der Waals surface area contributed by atoms with Gasteiger partial charge in [0.2, 0.25) is 11.8 Å². The lowest BCUT2D eigenvalue weighted by Gasteiger charge is -2.23. The Balaban J connectivity index is 2.39. The summed E-state index contributed by atoms with van der Waals surface area (Å²) in [6.45, 7) is 1.42. The number of nitrogens with two attached hydrogens (primary N) is 2. The summed E-state index contributed by atoms with van der Waals surface area (Å²) < 4.78 is 0. The van der Waals surface area contributed by atoms with Crippen molar-refractivity contribution in [1.82, 2.24) is 9.97 Å². The number of primary amides is 2. The van der Waals surface area contributed by atoms with Crippen molar-refractivity contribution in [1.29, 1.82) is 0 Å². The first-order chi connectivity index (χ1) is 9.38. The topological polar surface area (TPSA) is 115 Å². The molecule has 0 saturated heterocycles. The number of halogens is 1. The molecule has 2 amide bonds. The molecule has 0 aliphatic heterocycles. The van der Waals surface area contributed by atoms with Gasteiger partial charge in [-0.3, -0.25) is 9.59 Å². The lowest BCUT2D eigenvalue weighted by Crippen LogP contribution is -2.40. The maximum absolute atomic E-state index is 11.1. The molecule has 1 heterocycles. The van der Waals surface area contributed by atoms with Crippen LogP contribution in [-0.2, 0) is 9.59 Å². The van der Waals surface area contributed by atoms with Crippen molar-refractivity contribution in [3.63, 3.8) is 0 Å². The molecule has 0 unspecified atom stereocenters. The van der Waals surface area contributed by atoms with Gasteiger partial charge in [-0.15, -0.1) is 0 Å². The average Bonchev–Trinajstić information content (AvgIpc) is 3.14. The number of rotatable bonds is 6. The lowest BCUT2D eigenvalue weighted by molar-refractivity contribution is -0.117. The van der Waals surface area contributed by atoms with Crippen molar-refractivity contribution >= 4 is 29.2 Å². The van der Waals surface area contributed by atoms with Gasteiger partial charge in [0.05, 0.1) is 13.1 Å². The van der Waals surface area contributed by atoms with Gasteiger partial charge in [-0.25, -0.2) is 9.97 Å². The summed E-state index contributed by atoms with van der Waals surface area (Å²) >= 11 is 6.10. The molecule has 1 fully saturated rings. The number of nitrogens with zero attached hydrogens (tertiary/aromatic N) is 3. The lowest BCUT2D eigenvalue weighted by atomic mass is 10.2. The zero-order chi connectivity index (χ0) is 14.9. The summed E-state index contributed by atoms with van der Waals surface area (Å²) in [5, 5.41) is 0.316. The number of amides is 2. The number of anilines is 1. The van der Waals surface area contributed by atoms with Crippen molar-refractivity contribution in [3.05, 3.63) is 16.5 Å². The molecule has 1 aliphatic rings. The van der Waals surface area contributed by atoms with Crippen LogP contribution in [0.25, 0.3) is 0 Å². The second-order valence-electron chi connectivity index (χ2n) is 4.88. The quantitative estimate of drug-likeness (QED) is 0.722. The van der Waals surface area contributed by atoms with E-state index in [1.807, 2.05) is 0 Å². The smallest absolute Gasteiger partial charge is 0.237 e. The van der Waals surface area contributed by atoms with E-state index in [9.17, 15) is 9.59 Å². The summed E-state index contributed by atoms with van der Waals surface area (Å²) in [5.41, 5.74) is 11.0. The largest absolute Gasteiger partial charge is 0.368 e. The van der Waals surface area contributed by atoms with Crippen LogP contribution in [0.2, 0.25) is 5.15 Å². The second kappa shape index (κ2) is 5.62. The molecule has 1 saturated carbocycles. The third kappa shape index (κ3) is 3.36. The third-order valence-corrected chi connectivity index (χ3v) is 3.38. The van der Waals surface area contributed by atoms with Crippen LogP contribution in [-0.4, -0.2) is 34.9 Å². The molecule has 108 valence electrons. The van der Waals surface area contributed by atoms with E-state index in [-0.39, 0.29) is 13.1 Å². The molecule has 0 spiro atoms. The highest BCUT2D eigenvalue weighted by Crippen LogP contribution is 2.39. The highest BCUT2D eigenvalue weighted by atomic mass is 35.5. The average molecular weight is 298 g/mol. The van der Waals surface area contributed by atoms with E-state index >= 15 is 0 Å². The Kier molecular flexibility index (Phi) is 4.08. The summed E-state index contributed by atoms with van der Waals surface area (Å²) in [4.78, 5) is 32.4. The van der Waals surface area contributed by atoms with Crippen molar-refractivity contribution in [3.8, 4) is 0 Å². The van der Waals surface area contributed by atoms with Crippen molar-refractivity contribution in [2.75, 3.05) is 18.0 Å². The van der Waals surface area contributed by atoms with Gasteiger partial charge in [-0.1, -0.05) is 11.6 Å². The van der Waals surface area contributed by atoms with Gasteiger partial charge in [-0.05, 0) is 19.8 Å². The molecular formula is C12H16ClN5O2. The van der Waals surface area contributed by atoms with Crippen molar-refractivity contribution in [2.45, 2.75) is 25.7 Å². The van der Waals surface area contributed by atoms with Gasteiger partial charge in [-0.2, -0.15) is 0 Å². The molecule has 1 aliphatic carbocycles. The molecule has 0 radical (unpaired) electrons. The van der Waals surface area contributed by atoms with E-state index in [4.69, 9.17) is 23.1 Å². The Morgan fingerprint density at radius 1 is 1.25 bits per heavy atom. The Morgan fingerprint density at radius 3 is 2.25 bits per heavy atom. The Morgan fingerprint density at radius 2 is 1.80 bits per heavy atom. The molecule has 4 N–H and O–H groups in total. The first-order valence-electron chi connectivity index (χ1n) is 6.24. The molecule has 1 aromatic heterocycles. The molecule has 20 heavy (non-hydrogen) atoms. The fraction of sp³-hybridized carbons (Fsp3) is 0.500. The highest BCUT2D eigenvalue weighted by molar-refractivity contribution is 6.30. The molecule has 0 atom stereocenters. The number of carbonyl (C=O) groups is 2. The van der Waals surface area contributed by atoms with Gasteiger partial charge in [0.1, 0.15) is 16.8 Å². The second-order valence-corrected chi connectivity index (χ2v) is 5.24. The van der Waals surface area contributed by atoms with Gasteiger partial charge < -0.3 is 16.4 Å². The molecular weight excluding hydrogens is 282 g/mol. The SMILES string of the molecule is Cc1c(Cl)nc(C2CC2)nc1N(CC(N)=O)CC(N)=O. The maximum atomic E-state index is 11.1. The zero-order valence-electron chi connectivity index (χ0n) is 11.1. The Hall–Kier alpha value is -1.89. The van der Waals surface area contributed by atoms with Crippen LogP contribution in [0.3, 0.4) is 0 Å². The van der Waals surface area contributed by atoms with Crippen LogP contribution in [0.15, 0.2) is 0 Å². The van der Waals surface area contributed by atoms with Crippen LogP contribution in [0.4, 0.5) is 5.82 Å². The van der Waals surface area contributed by atoms with E-state index in [2.05, 4.69) is 9.97 Å². The van der Waals surface area contributed by atoms with E-state index < -0.39 is 11.8 Å². The standard InChI is InChI=1S/C12H16ClN5O2/c1-6-10(13)16-11(7-2-3-7)17-12(6)18(4-8(14)19)5-9(15)20/h7H,2-5H2,1H3,(H2,14,19)(H2,15,20). The monoisotopic (exact) mass is 297 g/mol. The van der Waals surface area contributed by atoms with E-state index in [0.717, 1.165) is 12.8 Å². The van der Waals surface area contributed by atoms with E-state index in [1.54, 1.807) is 6.92 Å². The Labute approximate surface area is 121 Å². The molecule has 0 bridgehead atoms. The molecule has 1 aromatic rings. The van der Waals surface area contributed by atoms with E-state index in [1.165, 1.54) is 4.90 Å². The van der Waals surface area contributed by atoms with Gasteiger partial charge in [0.25, 0.3) is 0 Å². The maximum Gasteiger partial charge on any atom is 0.237 e. The fourth-order valence-electron chi connectivity index (χ4n) is 1.91. The summed E-state index contributed by atoms with van der Waals surface area (Å²) in [6, 6.07) is 0. The minimum atomic E-state index is -0.576. The highest BCUT2D eigenvalue weighted by Gasteiger charge is 2.29. The minimum absolute atomic E-state index is 0.152. The number of hydrogen-bond donors (Lipinski definition) is 2. The third-order valence-electron chi connectivity index (χ3n) is 3.01. The minimum Gasteiger partial charge on any atom is -0.368 e. The van der Waals surface area contributed by atoms with Crippen LogP contribution in [0, 0.1) is 6.92 Å². The van der Waals surface area contributed by atoms with Gasteiger partial charge >= 0.3 is 0 Å². The van der Waals surface area contributed by atoms with Crippen LogP contribution in [0.1, 0.15) is 30.1 Å². The predicted molar refractivity (Wildman–Crippen MR) is 74.4 cm³/mol. The first kappa shape index (κ1) is 14.5. The molecule has 7 nitrogen and oxygen atoms in total. The molecule has 2 rings (SSSR count). The van der Waals surface area contributed by atoms with Gasteiger partial charge in [0, 0.05) is 11.5 Å². The summed E-state index contributed by atoms with van der Waals surface area (Å²) in [6.07, 6.45) is 2.04. The number of hydrogen-bond acceptors (Lipinski definition) is 5. The normalized spacial score (nSPS) is 14.1. The van der Waals surface area contributed by atoms with Crippen molar-refractivity contribution in [2.24, 2.45) is 11.5 Å². The molecule has 0 aromatic carbocycles.